The van der Waals surface area contributed by atoms with Gasteiger partial charge in [-0.1, -0.05) is 23.7 Å². The Morgan fingerprint density at radius 1 is 1.29 bits per heavy atom. The number of benzene rings is 1. The molecule has 0 radical (unpaired) electrons. The lowest BCUT2D eigenvalue weighted by molar-refractivity contribution is -0.137. The molecule has 2 rings (SSSR count). The molecule has 6 heteroatoms. The number of hydrogen-bond donors (Lipinski definition) is 1. The van der Waals surface area contributed by atoms with Crippen LogP contribution in [0.4, 0.5) is 13.2 Å². The largest absolute Gasteiger partial charge is 0.416 e. The van der Waals surface area contributed by atoms with E-state index in [2.05, 4.69) is 10.3 Å². The summed E-state index contributed by atoms with van der Waals surface area (Å²) in [4.78, 5) is 3.90. The van der Waals surface area contributed by atoms with Crippen LogP contribution in [0.1, 0.15) is 22.7 Å². The van der Waals surface area contributed by atoms with Crippen molar-refractivity contribution in [3.8, 4) is 0 Å². The van der Waals surface area contributed by atoms with Gasteiger partial charge in [0, 0.05) is 18.4 Å². The van der Waals surface area contributed by atoms with Crippen LogP contribution in [0.25, 0.3) is 0 Å². The van der Waals surface area contributed by atoms with Gasteiger partial charge in [0.05, 0.1) is 10.6 Å². The molecule has 0 aliphatic heterocycles. The lowest BCUT2D eigenvalue weighted by Crippen LogP contribution is -2.19. The molecule has 0 bridgehead atoms. The van der Waals surface area contributed by atoms with Gasteiger partial charge in [-0.25, -0.2) is 0 Å². The van der Waals surface area contributed by atoms with Gasteiger partial charge in [-0.2, -0.15) is 13.2 Å². The Kier molecular flexibility index (Phi) is 4.85. The molecule has 0 amide bonds. The molecule has 0 aliphatic rings. The Hall–Kier alpha value is -1.59. The van der Waals surface area contributed by atoms with Gasteiger partial charge in [0.15, 0.2) is 0 Å². The molecule has 0 aliphatic carbocycles. The first kappa shape index (κ1) is 15.8. The first-order valence-electron chi connectivity index (χ1n) is 6.34. The zero-order chi connectivity index (χ0) is 15.5. The van der Waals surface area contributed by atoms with E-state index in [-0.39, 0.29) is 6.04 Å². The highest BCUT2D eigenvalue weighted by atomic mass is 35.5. The van der Waals surface area contributed by atoms with Crippen molar-refractivity contribution < 1.29 is 13.2 Å². The summed E-state index contributed by atoms with van der Waals surface area (Å²) in [6.45, 7) is 0. The van der Waals surface area contributed by atoms with Crippen LogP contribution in [-0.4, -0.2) is 12.0 Å². The number of nitrogens with one attached hydrogen (secondary N) is 1. The molecule has 21 heavy (non-hydrogen) atoms. The first-order chi connectivity index (χ1) is 9.91. The van der Waals surface area contributed by atoms with Gasteiger partial charge in [0.2, 0.25) is 0 Å². The highest BCUT2D eigenvalue weighted by molar-refractivity contribution is 6.31. The molecular weight excluding hydrogens is 301 g/mol. The quantitative estimate of drug-likeness (QED) is 0.912. The van der Waals surface area contributed by atoms with E-state index >= 15 is 0 Å². The number of hydrogen-bond acceptors (Lipinski definition) is 2. The Morgan fingerprint density at radius 3 is 2.67 bits per heavy atom. The van der Waals surface area contributed by atoms with Gasteiger partial charge < -0.3 is 5.32 Å². The van der Waals surface area contributed by atoms with Crippen LogP contribution in [0.3, 0.4) is 0 Å². The van der Waals surface area contributed by atoms with Crippen LogP contribution in [0.2, 0.25) is 5.02 Å². The molecule has 1 atom stereocenters. The molecule has 1 aromatic carbocycles. The van der Waals surface area contributed by atoms with E-state index in [1.807, 2.05) is 0 Å². The summed E-state index contributed by atoms with van der Waals surface area (Å²) in [5, 5.41) is 3.53. The van der Waals surface area contributed by atoms with E-state index < -0.39 is 11.7 Å². The minimum atomic E-state index is -4.34. The molecule has 112 valence electrons. The molecule has 1 heterocycles. The van der Waals surface area contributed by atoms with Crippen LogP contribution in [0.15, 0.2) is 42.7 Å². The number of nitrogens with zero attached hydrogens (tertiary/aromatic N) is 1. The van der Waals surface area contributed by atoms with Gasteiger partial charge in [0.1, 0.15) is 0 Å². The number of halogens is 4. The van der Waals surface area contributed by atoms with E-state index in [1.165, 1.54) is 12.3 Å². The summed E-state index contributed by atoms with van der Waals surface area (Å²) in [6, 6.07) is 6.82. The fourth-order valence-corrected chi connectivity index (χ4v) is 2.30. The Labute approximate surface area is 126 Å². The molecule has 0 fully saturated rings. The summed E-state index contributed by atoms with van der Waals surface area (Å²) in [6.07, 6.45) is -0.725. The fourth-order valence-electron chi connectivity index (χ4n) is 2.11. The number of aromatic nitrogens is 1. The summed E-state index contributed by atoms with van der Waals surface area (Å²) in [5.74, 6) is 0. The molecule has 1 unspecified atom stereocenters. The van der Waals surface area contributed by atoms with Crippen LogP contribution >= 0.6 is 11.6 Å². The highest BCUT2D eigenvalue weighted by Crippen LogP contribution is 2.31. The molecule has 2 aromatic rings. The van der Waals surface area contributed by atoms with Crippen molar-refractivity contribution in [3.05, 3.63) is 64.4 Å². The number of likely N-dealkylation sites (N-methyl/N-ethyl adjacent to an activating group) is 1. The topological polar surface area (TPSA) is 24.9 Å². The van der Waals surface area contributed by atoms with Crippen molar-refractivity contribution in [1.82, 2.24) is 10.3 Å². The Balaban J connectivity index is 2.28. The molecule has 1 N–H and O–H groups in total. The van der Waals surface area contributed by atoms with Crippen LogP contribution < -0.4 is 5.32 Å². The van der Waals surface area contributed by atoms with E-state index in [9.17, 15) is 13.2 Å². The normalized spacial score (nSPS) is 13.2. The van der Waals surface area contributed by atoms with Crippen molar-refractivity contribution in [2.45, 2.75) is 18.6 Å². The van der Waals surface area contributed by atoms with E-state index in [1.54, 1.807) is 25.4 Å². The average molecular weight is 315 g/mol. The number of rotatable bonds is 4. The second-order valence-corrected chi connectivity index (χ2v) is 5.04. The van der Waals surface area contributed by atoms with Crippen molar-refractivity contribution in [2.75, 3.05) is 7.05 Å². The zero-order valence-corrected chi connectivity index (χ0v) is 12.0. The predicted octanol–water partition coefficient (Wildman–Crippen LogP) is 4.26. The molecule has 1 aromatic heterocycles. The third-order valence-electron chi connectivity index (χ3n) is 3.25. The summed E-state index contributed by atoms with van der Waals surface area (Å²) in [7, 11) is 1.71. The predicted molar refractivity (Wildman–Crippen MR) is 76.2 cm³/mol. The fraction of sp³-hybridized carbons (Fsp3) is 0.267. The first-order valence-corrected chi connectivity index (χ1v) is 6.72. The molecule has 0 saturated carbocycles. The van der Waals surface area contributed by atoms with Crippen molar-refractivity contribution in [3.63, 3.8) is 0 Å². The summed E-state index contributed by atoms with van der Waals surface area (Å²) in [5.41, 5.74) is 0.754. The SMILES string of the molecule is CNC(Cc1ccncc1Cl)c1cccc(C(F)(F)F)c1. The summed E-state index contributed by atoms with van der Waals surface area (Å²) >= 11 is 6.05. The van der Waals surface area contributed by atoms with E-state index in [0.29, 0.717) is 17.0 Å². The average Bonchev–Trinajstić information content (AvgIpc) is 2.46. The monoisotopic (exact) mass is 314 g/mol. The minimum Gasteiger partial charge on any atom is -0.313 e. The van der Waals surface area contributed by atoms with Gasteiger partial charge in [-0.3, -0.25) is 4.98 Å². The van der Waals surface area contributed by atoms with Crippen molar-refractivity contribution >= 4 is 11.6 Å². The number of alkyl halides is 3. The maximum atomic E-state index is 12.8. The second-order valence-electron chi connectivity index (χ2n) is 4.64. The van der Waals surface area contributed by atoms with Crippen LogP contribution in [0.5, 0.6) is 0 Å². The van der Waals surface area contributed by atoms with Crippen LogP contribution in [-0.2, 0) is 12.6 Å². The minimum absolute atomic E-state index is 0.257. The van der Waals surface area contributed by atoms with Gasteiger partial charge in [-0.05, 0) is 42.8 Å². The molecular formula is C15H14ClF3N2. The molecule has 2 nitrogen and oxygen atoms in total. The summed E-state index contributed by atoms with van der Waals surface area (Å²) < 4.78 is 38.3. The molecule has 0 spiro atoms. The van der Waals surface area contributed by atoms with E-state index in [4.69, 9.17) is 11.6 Å². The van der Waals surface area contributed by atoms with Gasteiger partial charge in [-0.15, -0.1) is 0 Å². The maximum Gasteiger partial charge on any atom is 0.416 e. The van der Waals surface area contributed by atoms with E-state index in [0.717, 1.165) is 17.7 Å². The van der Waals surface area contributed by atoms with Crippen molar-refractivity contribution in [2.24, 2.45) is 0 Å². The third-order valence-corrected chi connectivity index (χ3v) is 3.59. The van der Waals surface area contributed by atoms with Gasteiger partial charge >= 0.3 is 6.18 Å². The highest BCUT2D eigenvalue weighted by Gasteiger charge is 2.30. The second kappa shape index (κ2) is 6.45. The lowest BCUT2D eigenvalue weighted by atomic mass is 9.98. The number of pyridine rings is 1. The molecule has 0 saturated heterocycles. The third kappa shape index (κ3) is 3.95. The lowest BCUT2D eigenvalue weighted by Gasteiger charge is -2.19. The Morgan fingerprint density at radius 2 is 2.05 bits per heavy atom. The van der Waals surface area contributed by atoms with Gasteiger partial charge in [0.25, 0.3) is 0 Å². The van der Waals surface area contributed by atoms with Crippen LogP contribution in [0, 0.1) is 0 Å². The zero-order valence-electron chi connectivity index (χ0n) is 11.3. The smallest absolute Gasteiger partial charge is 0.313 e. The van der Waals surface area contributed by atoms with Crippen molar-refractivity contribution in [1.29, 1.82) is 0 Å². The maximum absolute atomic E-state index is 12.8. The Bertz CT molecular complexity index is 614. The standard InChI is InChI=1S/C15H14ClF3N2/c1-20-14(8-10-5-6-21-9-13(10)16)11-3-2-4-12(7-11)15(17,18)19/h2-7,9,14,20H,8H2,1H3.